The van der Waals surface area contributed by atoms with Crippen molar-refractivity contribution in [1.29, 1.82) is 0 Å². The van der Waals surface area contributed by atoms with E-state index in [-0.39, 0.29) is 11.8 Å². The van der Waals surface area contributed by atoms with Gasteiger partial charge in [0, 0.05) is 11.9 Å². The van der Waals surface area contributed by atoms with E-state index in [9.17, 15) is 9.59 Å². The zero-order chi connectivity index (χ0) is 15.9. The predicted octanol–water partition coefficient (Wildman–Crippen LogP) is 2.52. The lowest BCUT2D eigenvalue weighted by atomic mass is 10.2. The normalized spacial score (nSPS) is 9.91. The molecule has 0 unspecified atom stereocenters. The summed E-state index contributed by atoms with van der Waals surface area (Å²) in [5.41, 5.74) is 1.17. The number of esters is 1. The highest BCUT2D eigenvalue weighted by atomic mass is 16.5. The molecule has 1 amide bonds. The van der Waals surface area contributed by atoms with Crippen LogP contribution >= 0.6 is 0 Å². The third kappa shape index (κ3) is 3.60. The quantitative estimate of drug-likeness (QED) is 0.858. The molecule has 0 saturated heterocycles. The lowest BCUT2D eigenvalue weighted by Crippen LogP contribution is -2.15. The summed E-state index contributed by atoms with van der Waals surface area (Å²) in [7, 11) is 1.30. The van der Waals surface area contributed by atoms with Crippen molar-refractivity contribution < 1.29 is 19.1 Å². The first kappa shape index (κ1) is 15.5. The summed E-state index contributed by atoms with van der Waals surface area (Å²) in [5, 5.41) is 2.71. The molecule has 2 aromatic rings. The summed E-state index contributed by atoms with van der Waals surface area (Å²) in [6, 6.07) is 9.77. The summed E-state index contributed by atoms with van der Waals surface area (Å²) in [4.78, 5) is 27.8. The van der Waals surface area contributed by atoms with E-state index in [0.717, 1.165) is 0 Å². The summed E-state index contributed by atoms with van der Waals surface area (Å²) in [6.45, 7) is 2.23. The van der Waals surface area contributed by atoms with E-state index in [1.165, 1.54) is 7.11 Å². The summed E-state index contributed by atoms with van der Waals surface area (Å²) >= 11 is 0. The highest BCUT2D eigenvalue weighted by Gasteiger charge is 2.14. The second kappa shape index (κ2) is 7.21. The molecule has 0 bridgehead atoms. The molecule has 6 heteroatoms. The van der Waals surface area contributed by atoms with Crippen LogP contribution in [0.2, 0.25) is 0 Å². The fourth-order valence-corrected chi connectivity index (χ4v) is 1.86. The minimum Gasteiger partial charge on any atom is -0.477 e. The number of amides is 1. The van der Waals surface area contributed by atoms with Crippen molar-refractivity contribution in [2.75, 3.05) is 19.0 Å². The van der Waals surface area contributed by atoms with Crippen molar-refractivity contribution in [2.45, 2.75) is 6.92 Å². The van der Waals surface area contributed by atoms with Crippen LogP contribution in [0.3, 0.4) is 0 Å². The van der Waals surface area contributed by atoms with E-state index in [2.05, 4.69) is 15.0 Å². The molecule has 0 fully saturated rings. The maximum Gasteiger partial charge on any atom is 0.337 e. The van der Waals surface area contributed by atoms with Crippen LogP contribution in [-0.2, 0) is 4.74 Å². The van der Waals surface area contributed by atoms with Crippen LogP contribution in [0.1, 0.15) is 27.6 Å². The Morgan fingerprint density at radius 2 is 2.05 bits per heavy atom. The number of methoxy groups -OCH3 is 1. The largest absolute Gasteiger partial charge is 0.477 e. The second-order valence-corrected chi connectivity index (χ2v) is 4.32. The van der Waals surface area contributed by atoms with Crippen molar-refractivity contribution in [1.82, 2.24) is 4.98 Å². The smallest absolute Gasteiger partial charge is 0.337 e. The van der Waals surface area contributed by atoms with Gasteiger partial charge in [-0.05, 0) is 37.3 Å². The molecule has 0 saturated carbocycles. The van der Waals surface area contributed by atoms with E-state index in [1.807, 2.05) is 6.92 Å². The lowest BCUT2D eigenvalue weighted by Gasteiger charge is -2.10. The Bertz CT molecular complexity index is 685. The van der Waals surface area contributed by atoms with Crippen LogP contribution < -0.4 is 10.1 Å². The van der Waals surface area contributed by atoms with Gasteiger partial charge in [-0.3, -0.25) is 4.79 Å². The van der Waals surface area contributed by atoms with Gasteiger partial charge in [-0.2, -0.15) is 0 Å². The van der Waals surface area contributed by atoms with Crippen molar-refractivity contribution in [3.63, 3.8) is 0 Å². The fourth-order valence-electron chi connectivity index (χ4n) is 1.86. The maximum absolute atomic E-state index is 12.3. The van der Waals surface area contributed by atoms with Gasteiger partial charge in [0.25, 0.3) is 5.91 Å². The van der Waals surface area contributed by atoms with Crippen LogP contribution in [-0.4, -0.2) is 30.6 Å². The van der Waals surface area contributed by atoms with Gasteiger partial charge >= 0.3 is 5.97 Å². The summed E-state index contributed by atoms with van der Waals surface area (Å²) in [5.74, 6) is -0.558. The van der Waals surface area contributed by atoms with Gasteiger partial charge in [0.15, 0.2) is 0 Å². The topological polar surface area (TPSA) is 77.5 Å². The monoisotopic (exact) mass is 300 g/mol. The van der Waals surface area contributed by atoms with E-state index >= 15 is 0 Å². The molecule has 0 aliphatic carbocycles. The predicted molar refractivity (Wildman–Crippen MR) is 81.1 cm³/mol. The third-order valence-corrected chi connectivity index (χ3v) is 2.84. The van der Waals surface area contributed by atoms with Gasteiger partial charge in [-0.1, -0.05) is 6.07 Å². The van der Waals surface area contributed by atoms with E-state index < -0.39 is 5.97 Å². The van der Waals surface area contributed by atoms with Crippen LogP contribution in [0.5, 0.6) is 5.88 Å². The molecule has 22 heavy (non-hydrogen) atoms. The molecule has 0 aliphatic rings. The van der Waals surface area contributed by atoms with Gasteiger partial charge < -0.3 is 14.8 Å². The maximum atomic E-state index is 12.3. The van der Waals surface area contributed by atoms with Gasteiger partial charge in [0.1, 0.15) is 5.56 Å². The zero-order valence-corrected chi connectivity index (χ0v) is 12.3. The van der Waals surface area contributed by atoms with Gasteiger partial charge in [0.2, 0.25) is 5.88 Å². The lowest BCUT2D eigenvalue weighted by molar-refractivity contribution is 0.0600. The summed E-state index contributed by atoms with van der Waals surface area (Å²) in [6.07, 6.45) is 1.56. The first-order valence-corrected chi connectivity index (χ1v) is 6.73. The average molecular weight is 300 g/mol. The van der Waals surface area contributed by atoms with E-state index in [1.54, 1.807) is 42.6 Å². The molecule has 6 nitrogen and oxygen atoms in total. The van der Waals surface area contributed by atoms with Crippen molar-refractivity contribution in [2.24, 2.45) is 0 Å². The number of ether oxygens (including phenoxy) is 2. The molecular formula is C16H16N2O4. The molecule has 2 rings (SSSR count). The number of benzene rings is 1. The summed E-state index contributed by atoms with van der Waals surface area (Å²) < 4.78 is 9.98. The first-order chi connectivity index (χ1) is 10.7. The first-order valence-electron chi connectivity index (χ1n) is 6.73. The molecule has 1 heterocycles. The Hall–Kier alpha value is -2.89. The van der Waals surface area contributed by atoms with Crippen LogP contribution in [0, 0.1) is 0 Å². The zero-order valence-electron chi connectivity index (χ0n) is 12.3. The van der Waals surface area contributed by atoms with Crippen LogP contribution in [0.15, 0.2) is 42.6 Å². The van der Waals surface area contributed by atoms with Gasteiger partial charge in [-0.15, -0.1) is 0 Å². The molecule has 1 aromatic carbocycles. The fraction of sp³-hybridized carbons (Fsp3) is 0.188. The minimum atomic E-state index is -0.465. The standard InChI is InChI=1S/C16H16N2O4/c1-3-22-15-13(8-5-9-17-15)14(19)18-12-7-4-6-11(10-12)16(20)21-2/h4-10H,3H2,1-2H3,(H,18,19). The van der Waals surface area contributed by atoms with Crippen LogP contribution in [0.25, 0.3) is 0 Å². The Balaban J connectivity index is 2.21. The number of anilines is 1. The molecule has 0 atom stereocenters. The number of rotatable bonds is 5. The Morgan fingerprint density at radius 3 is 2.77 bits per heavy atom. The Labute approximate surface area is 128 Å². The van der Waals surface area contributed by atoms with Gasteiger partial charge in [0.05, 0.1) is 19.3 Å². The molecule has 1 aromatic heterocycles. The highest BCUT2D eigenvalue weighted by Crippen LogP contribution is 2.18. The average Bonchev–Trinajstić information content (AvgIpc) is 2.55. The van der Waals surface area contributed by atoms with Crippen molar-refractivity contribution >= 4 is 17.6 Å². The minimum absolute atomic E-state index is 0.270. The number of pyridine rings is 1. The third-order valence-electron chi connectivity index (χ3n) is 2.84. The number of carbonyl (C=O) groups is 2. The number of aromatic nitrogens is 1. The molecule has 1 N–H and O–H groups in total. The van der Waals surface area contributed by atoms with Crippen LogP contribution in [0.4, 0.5) is 5.69 Å². The van der Waals surface area contributed by atoms with Crippen molar-refractivity contribution in [3.8, 4) is 5.88 Å². The Kier molecular flexibility index (Phi) is 5.08. The number of hydrogen-bond donors (Lipinski definition) is 1. The Morgan fingerprint density at radius 1 is 1.23 bits per heavy atom. The van der Waals surface area contributed by atoms with Gasteiger partial charge in [-0.25, -0.2) is 9.78 Å². The molecule has 0 aliphatic heterocycles. The van der Waals surface area contributed by atoms with E-state index in [0.29, 0.717) is 23.4 Å². The van der Waals surface area contributed by atoms with E-state index in [4.69, 9.17) is 4.74 Å². The molecule has 114 valence electrons. The number of carbonyl (C=O) groups excluding carboxylic acids is 2. The molecule has 0 radical (unpaired) electrons. The SMILES string of the molecule is CCOc1ncccc1C(=O)Nc1cccc(C(=O)OC)c1. The second-order valence-electron chi connectivity index (χ2n) is 4.32. The van der Waals surface area contributed by atoms with Crippen molar-refractivity contribution in [3.05, 3.63) is 53.7 Å². The number of nitrogens with one attached hydrogen (secondary N) is 1. The molecule has 0 spiro atoms. The molecular weight excluding hydrogens is 284 g/mol. The highest BCUT2D eigenvalue weighted by molar-refractivity contribution is 6.06. The number of hydrogen-bond acceptors (Lipinski definition) is 5. The number of nitrogens with zero attached hydrogens (tertiary/aromatic N) is 1.